The van der Waals surface area contributed by atoms with Crippen LogP contribution in [0.5, 0.6) is 0 Å². The number of carbonyl (C=O) groups excluding carboxylic acids is 3. The Morgan fingerprint density at radius 3 is 2.55 bits per heavy atom. The molecule has 1 unspecified atom stereocenters. The van der Waals surface area contributed by atoms with Crippen molar-refractivity contribution in [1.82, 2.24) is 10.2 Å². The topological polar surface area (TPSA) is 111 Å². The summed E-state index contributed by atoms with van der Waals surface area (Å²) < 4.78 is 9.41. The Morgan fingerprint density at radius 1 is 1.30 bits per heavy atom. The van der Waals surface area contributed by atoms with Crippen molar-refractivity contribution in [2.24, 2.45) is 5.73 Å². The van der Waals surface area contributed by atoms with E-state index in [1.54, 1.807) is 6.92 Å². The molecule has 1 aliphatic rings. The number of amides is 1. The van der Waals surface area contributed by atoms with Gasteiger partial charge < -0.3 is 25.4 Å². The predicted molar refractivity (Wildman–Crippen MR) is 69.8 cm³/mol. The number of nitrogens with zero attached hydrogens (tertiary/aromatic N) is 1. The van der Waals surface area contributed by atoms with Crippen molar-refractivity contribution in [1.29, 1.82) is 0 Å². The second-order valence-corrected chi connectivity index (χ2v) is 4.37. The minimum Gasteiger partial charge on any atom is -0.466 e. The fourth-order valence-electron chi connectivity index (χ4n) is 1.70. The molecule has 1 rings (SSSR count). The standard InChI is InChI=1S/C12H21N3O5/c1-2-19-10(16)4-3-9(13)11(17)20-12(18)15-7-5-14-6-8-15/h9,14H,2-8,13H2,1H3. The van der Waals surface area contributed by atoms with E-state index >= 15 is 0 Å². The van der Waals surface area contributed by atoms with Crippen molar-refractivity contribution in [2.45, 2.75) is 25.8 Å². The van der Waals surface area contributed by atoms with Crippen LogP contribution in [0.1, 0.15) is 19.8 Å². The van der Waals surface area contributed by atoms with Gasteiger partial charge in [0.15, 0.2) is 0 Å². The third-order valence-corrected chi connectivity index (χ3v) is 2.83. The lowest BCUT2D eigenvalue weighted by Crippen LogP contribution is -2.48. The Labute approximate surface area is 117 Å². The zero-order valence-corrected chi connectivity index (χ0v) is 11.6. The first kappa shape index (κ1) is 16.4. The van der Waals surface area contributed by atoms with Crippen molar-refractivity contribution in [3.8, 4) is 0 Å². The number of esters is 2. The molecule has 0 saturated carbocycles. The van der Waals surface area contributed by atoms with Gasteiger partial charge in [-0.15, -0.1) is 0 Å². The molecule has 0 aliphatic carbocycles. The van der Waals surface area contributed by atoms with E-state index in [9.17, 15) is 14.4 Å². The predicted octanol–water partition coefficient (Wildman–Crippen LogP) is -0.775. The van der Waals surface area contributed by atoms with Crippen molar-refractivity contribution in [3.05, 3.63) is 0 Å². The second-order valence-electron chi connectivity index (χ2n) is 4.37. The maximum atomic E-state index is 11.7. The monoisotopic (exact) mass is 287 g/mol. The van der Waals surface area contributed by atoms with E-state index in [0.717, 1.165) is 0 Å². The Kier molecular flexibility index (Phi) is 6.96. The molecule has 1 atom stereocenters. The smallest absolute Gasteiger partial charge is 0.417 e. The maximum Gasteiger partial charge on any atom is 0.417 e. The highest BCUT2D eigenvalue weighted by atomic mass is 16.6. The van der Waals surface area contributed by atoms with Crippen molar-refractivity contribution >= 4 is 18.0 Å². The lowest BCUT2D eigenvalue weighted by Gasteiger charge is -2.26. The van der Waals surface area contributed by atoms with Gasteiger partial charge in [-0.25, -0.2) is 9.59 Å². The minimum absolute atomic E-state index is 0.0198. The van der Waals surface area contributed by atoms with Crippen LogP contribution in [0.25, 0.3) is 0 Å². The van der Waals surface area contributed by atoms with Gasteiger partial charge >= 0.3 is 18.0 Å². The van der Waals surface area contributed by atoms with E-state index < -0.39 is 24.1 Å². The zero-order valence-electron chi connectivity index (χ0n) is 11.6. The highest BCUT2D eigenvalue weighted by Gasteiger charge is 2.24. The molecule has 1 aliphatic heterocycles. The van der Waals surface area contributed by atoms with Crippen LogP contribution in [0.4, 0.5) is 4.79 Å². The number of carbonyl (C=O) groups is 3. The molecule has 114 valence electrons. The summed E-state index contributed by atoms with van der Waals surface area (Å²) in [5.74, 6) is -1.25. The Hall–Kier alpha value is -1.67. The first-order valence-electron chi connectivity index (χ1n) is 6.67. The van der Waals surface area contributed by atoms with Crippen LogP contribution in [-0.4, -0.2) is 61.8 Å². The molecule has 20 heavy (non-hydrogen) atoms. The summed E-state index contributed by atoms with van der Waals surface area (Å²) in [4.78, 5) is 35.8. The average Bonchev–Trinajstić information content (AvgIpc) is 2.45. The Morgan fingerprint density at radius 2 is 1.95 bits per heavy atom. The SMILES string of the molecule is CCOC(=O)CCC(N)C(=O)OC(=O)N1CCNCC1. The number of ether oxygens (including phenoxy) is 2. The quantitative estimate of drug-likeness (QED) is 0.504. The molecule has 0 aromatic rings. The Balaban J connectivity index is 2.29. The fraction of sp³-hybridized carbons (Fsp3) is 0.750. The summed E-state index contributed by atoms with van der Waals surface area (Å²) in [5, 5.41) is 3.08. The van der Waals surface area contributed by atoms with E-state index in [2.05, 4.69) is 10.1 Å². The summed E-state index contributed by atoms with van der Waals surface area (Å²) in [6.07, 6.45) is -0.582. The largest absolute Gasteiger partial charge is 0.466 e. The van der Waals surface area contributed by atoms with Gasteiger partial charge in [0.2, 0.25) is 0 Å². The van der Waals surface area contributed by atoms with Gasteiger partial charge in [0.25, 0.3) is 0 Å². The molecule has 1 heterocycles. The molecule has 0 spiro atoms. The van der Waals surface area contributed by atoms with E-state index in [1.165, 1.54) is 4.90 Å². The summed E-state index contributed by atoms with van der Waals surface area (Å²) in [6.45, 7) is 4.28. The normalized spacial score (nSPS) is 16.4. The highest BCUT2D eigenvalue weighted by Crippen LogP contribution is 2.03. The first-order chi connectivity index (χ1) is 9.54. The third kappa shape index (κ3) is 5.54. The number of nitrogens with two attached hydrogens (primary N) is 1. The number of rotatable bonds is 5. The molecule has 8 nitrogen and oxygen atoms in total. The number of piperazine rings is 1. The molecule has 0 aromatic carbocycles. The van der Waals surface area contributed by atoms with E-state index in [-0.39, 0.29) is 19.4 Å². The van der Waals surface area contributed by atoms with Crippen molar-refractivity contribution in [2.75, 3.05) is 32.8 Å². The van der Waals surface area contributed by atoms with Gasteiger partial charge in [0.05, 0.1) is 6.61 Å². The molecule has 1 saturated heterocycles. The molecule has 1 amide bonds. The first-order valence-corrected chi connectivity index (χ1v) is 6.67. The van der Waals surface area contributed by atoms with Gasteiger partial charge in [-0.05, 0) is 13.3 Å². The van der Waals surface area contributed by atoms with Crippen LogP contribution in [0.3, 0.4) is 0 Å². The lowest BCUT2D eigenvalue weighted by molar-refractivity contribution is -0.144. The molecular formula is C12H21N3O5. The van der Waals surface area contributed by atoms with E-state index in [1.807, 2.05) is 0 Å². The number of nitrogens with one attached hydrogen (secondary N) is 1. The molecule has 8 heteroatoms. The van der Waals surface area contributed by atoms with Crippen LogP contribution in [0.2, 0.25) is 0 Å². The molecular weight excluding hydrogens is 266 g/mol. The molecule has 0 radical (unpaired) electrons. The van der Waals surface area contributed by atoms with E-state index in [4.69, 9.17) is 10.5 Å². The maximum absolute atomic E-state index is 11.7. The minimum atomic E-state index is -1.01. The fourth-order valence-corrected chi connectivity index (χ4v) is 1.70. The van der Waals surface area contributed by atoms with Gasteiger partial charge in [0.1, 0.15) is 6.04 Å². The molecule has 0 bridgehead atoms. The van der Waals surface area contributed by atoms with Crippen LogP contribution in [0.15, 0.2) is 0 Å². The van der Waals surface area contributed by atoms with Crippen LogP contribution in [-0.2, 0) is 19.1 Å². The lowest BCUT2D eigenvalue weighted by atomic mass is 10.2. The van der Waals surface area contributed by atoms with Gasteiger partial charge in [-0.1, -0.05) is 0 Å². The van der Waals surface area contributed by atoms with Gasteiger partial charge in [-0.3, -0.25) is 4.79 Å². The molecule has 3 N–H and O–H groups in total. The summed E-state index contributed by atoms with van der Waals surface area (Å²) >= 11 is 0. The van der Waals surface area contributed by atoms with Gasteiger partial charge in [0, 0.05) is 32.6 Å². The van der Waals surface area contributed by atoms with Crippen LogP contribution in [0, 0.1) is 0 Å². The second kappa shape index (κ2) is 8.49. The molecule has 0 aromatic heterocycles. The zero-order chi connectivity index (χ0) is 15.0. The van der Waals surface area contributed by atoms with E-state index in [0.29, 0.717) is 26.2 Å². The number of hydrogen-bond acceptors (Lipinski definition) is 7. The summed E-state index contributed by atoms with van der Waals surface area (Å²) in [5.41, 5.74) is 5.57. The Bertz CT molecular complexity index is 355. The van der Waals surface area contributed by atoms with Crippen LogP contribution < -0.4 is 11.1 Å². The molecule has 1 fully saturated rings. The highest BCUT2D eigenvalue weighted by molar-refractivity contribution is 5.87. The van der Waals surface area contributed by atoms with Crippen LogP contribution >= 0.6 is 0 Å². The van der Waals surface area contributed by atoms with Crippen molar-refractivity contribution in [3.63, 3.8) is 0 Å². The van der Waals surface area contributed by atoms with Gasteiger partial charge in [-0.2, -0.15) is 0 Å². The van der Waals surface area contributed by atoms with Crippen molar-refractivity contribution < 1.29 is 23.9 Å². The third-order valence-electron chi connectivity index (χ3n) is 2.83. The summed E-state index contributed by atoms with van der Waals surface area (Å²) in [6, 6.07) is -1.01. The number of hydrogen-bond donors (Lipinski definition) is 2. The average molecular weight is 287 g/mol. The summed E-state index contributed by atoms with van der Waals surface area (Å²) in [7, 11) is 0.